The van der Waals surface area contributed by atoms with Gasteiger partial charge < -0.3 is 19.8 Å². The van der Waals surface area contributed by atoms with Crippen LogP contribution in [-0.4, -0.2) is 63.6 Å². The van der Waals surface area contributed by atoms with E-state index in [1.54, 1.807) is 9.80 Å². The fourth-order valence-corrected chi connectivity index (χ4v) is 4.46. The number of benzene rings is 1. The van der Waals surface area contributed by atoms with Crippen molar-refractivity contribution in [2.75, 3.05) is 52.4 Å². The topological polar surface area (TPSA) is 33.5 Å². The number of aliphatic hydroxyl groups excluding tert-OH is 1. The molecule has 0 spiro atoms. The molecule has 0 atom stereocenters. The molecule has 1 aromatic carbocycles. The van der Waals surface area contributed by atoms with Gasteiger partial charge in [0, 0.05) is 18.4 Å². The number of aryl methyl sites for hydroxylation is 1. The first-order valence-corrected chi connectivity index (χ1v) is 9.42. The second kappa shape index (κ2) is 8.25. The Hall–Kier alpha value is -0.940. The Morgan fingerprint density at radius 1 is 1.00 bits per heavy atom. The first-order valence-electron chi connectivity index (χ1n) is 9.42. The van der Waals surface area contributed by atoms with Crippen LogP contribution in [0, 0.1) is 6.92 Å². The van der Waals surface area contributed by atoms with Crippen molar-refractivity contribution in [1.82, 2.24) is 0 Å². The lowest BCUT2D eigenvalue weighted by Crippen LogP contribution is -3.30. The Morgan fingerprint density at radius 3 is 2.39 bits per heavy atom. The van der Waals surface area contributed by atoms with E-state index in [9.17, 15) is 0 Å². The second-order valence-electron chi connectivity index (χ2n) is 7.57. The maximum Gasteiger partial charge on any atom is 0.127 e. The summed E-state index contributed by atoms with van der Waals surface area (Å²) in [5.41, 5.74) is 2.87. The van der Waals surface area contributed by atoms with Crippen molar-refractivity contribution in [1.29, 1.82) is 0 Å². The minimum absolute atomic E-state index is 0.339. The van der Waals surface area contributed by atoms with Crippen LogP contribution >= 0.6 is 0 Å². The normalized spacial score (nSPS) is 31.9. The van der Waals surface area contributed by atoms with Gasteiger partial charge in [0.1, 0.15) is 39.3 Å². The summed E-state index contributed by atoms with van der Waals surface area (Å²) in [6.45, 7) is 12.4. The molecule has 0 aromatic heterocycles. The number of rotatable bonds is 5. The Kier molecular flexibility index (Phi) is 6.06. The highest BCUT2D eigenvalue weighted by Gasteiger charge is 2.33. The van der Waals surface area contributed by atoms with Gasteiger partial charge in [0.15, 0.2) is 0 Å². The van der Waals surface area contributed by atoms with E-state index in [0.717, 1.165) is 12.6 Å². The van der Waals surface area contributed by atoms with Crippen LogP contribution in [0.3, 0.4) is 0 Å². The molecule has 1 aromatic rings. The number of hydrogen-bond donors (Lipinski definition) is 4. The molecule has 2 aliphatic heterocycles. The highest BCUT2D eigenvalue weighted by Crippen LogP contribution is 2.03. The predicted octanol–water partition coefficient (Wildman–Crippen LogP) is -2.68. The van der Waals surface area contributed by atoms with Gasteiger partial charge in [0.25, 0.3) is 0 Å². The smallest absolute Gasteiger partial charge is 0.127 e. The first-order chi connectivity index (χ1) is 11.2. The molecule has 2 aliphatic rings. The zero-order valence-corrected chi connectivity index (χ0v) is 14.6. The standard InChI is InChI=1S/C19H31N3O/c1-17-3-2-4-18(15-17)16-21-7-5-19(6-8-21)22-11-9-20(10-12-22)13-14-23/h2-4,15,19,23H,5-14,16H2,1H3/p+3. The van der Waals surface area contributed by atoms with Crippen molar-refractivity contribution in [3.8, 4) is 0 Å². The van der Waals surface area contributed by atoms with Gasteiger partial charge >= 0.3 is 0 Å². The van der Waals surface area contributed by atoms with E-state index in [-0.39, 0.29) is 0 Å². The van der Waals surface area contributed by atoms with Gasteiger partial charge in [0.2, 0.25) is 0 Å². The van der Waals surface area contributed by atoms with Crippen LogP contribution in [-0.2, 0) is 6.54 Å². The maximum atomic E-state index is 9.07. The summed E-state index contributed by atoms with van der Waals surface area (Å²) in [5, 5.41) is 9.07. The molecule has 0 radical (unpaired) electrons. The van der Waals surface area contributed by atoms with E-state index in [1.165, 1.54) is 69.8 Å². The van der Waals surface area contributed by atoms with Crippen LogP contribution in [0.2, 0.25) is 0 Å². The van der Waals surface area contributed by atoms with E-state index >= 15 is 0 Å². The molecule has 128 valence electrons. The van der Waals surface area contributed by atoms with Gasteiger partial charge in [-0.25, -0.2) is 0 Å². The SMILES string of the molecule is Cc1cccc(C[NH+]2CCC([NH+]3CC[NH+](CCO)CC3)CC2)c1. The summed E-state index contributed by atoms with van der Waals surface area (Å²) >= 11 is 0. The van der Waals surface area contributed by atoms with Crippen LogP contribution in [0.1, 0.15) is 24.0 Å². The molecule has 0 amide bonds. The summed E-state index contributed by atoms with van der Waals surface area (Å²) in [5.74, 6) is 0. The quantitative estimate of drug-likeness (QED) is 0.469. The van der Waals surface area contributed by atoms with Crippen molar-refractivity contribution in [3.63, 3.8) is 0 Å². The van der Waals surface area contributed by atoms with Gasteiger partial charge in [-0.1, -0.05) is 29.8 Å². The highest BCUT2D eigenvalue weighted by molar-refractivity contribution is 5.21. The Balaban J connectivity index is 1.42. The third-order valence-electron chi connectivity index (χ3n) is 5.87. The number of likely N-dealkylation sites (tertiary alicyclic amines) is 1. The fourth-order valence-electron chi connectivity index (χ4n) is 4.46. The Labute approximate surface area is 140 Å². The minimum atomic E-state index is 0.339. The van der Waals surface area contributed by atoms with Gasteiger partial charge in [-0.3, -0.25) is 0 Å². The Bertz CT molecular complexity index is 477. The van der Waals surface area contributed by atoms with Gasteiger partial charge in [-0.2, -0.15) is 0 Å². The largest absolute Gasteiger partial charge is 0.391 e. The predicted molar refractivity (Wildman–Crippen MR) is 91.9 cm³/mol. The van der Waals surface area contributed by atoms with Crippen molar-refractivity contribution in [2.24, 2.45) is 0 Å². The number of piperidine rings is 1. The third-order valence-corrected chi connectivity index (χ3v) is 5.87. The maximum absolute atomic E-state index is 9.07. The van der Waals surface area contributed by atoms with E-state index in [1.807, 2.05) is 4.90 Å². The molecule has 0 aliphatic carbocycles. The monoisotopic (exact) mass is 320 g/mol. The summed E-state index contributed by atoms with van der Waals surface area (Å²) < 4.78 is 0. The number of aliphatic hydroxyl groups is 1. The number of hydrogen-bond acceptors (Lipinski definition) is 1. The molecule has 4 N–H and O–H groups in total. The first kappa shape index (κ1) is 16.9. The minimum Gasteiger partial charge on any atom is -0.391 e. The van der Waals surface area contributed by atoms with Gasteiger partial charge in [0.05, 0.1) is 25.7 Å². The van der Waals surface area contributed by atoms with Crippen molar-refractivity contribution < 1.29 is 19.8 Å². The number of nitrogens with one attached hydrogen (secondary N) is 3. The average Bonchev–Trinajstić information content (AvgIpc) is 2.57. The van der Waals surface area contributed by atoms with Crippen molar-refractivity contribution in [2.45, 2.75) is 32.4 Å². The molecular weight excluding hydrogens is 286 g/mol. The molecule has 0 unspecified atom stereocenters. The van der Waals surface area contributed by atoms with Crippen LogP contribution < -0.4 is 14.7 Å². The molecule has 0 saturated carbocycles. The van der Waals surface area contributed by atoms with Gasteiger partial charge in [-0.15, -0.1) is 0 Å². The lowest BCUT2D eigenvalue weighted by Gasteiger charge is -2.37. The molecule has 2 saturated heterocycles. The van der Waals surface area contributed by atoms with E-state index < -0.39 is 0 Å². The molecule has 4 nitrogen and oxygen atoms in total. The van der Waals surface area contributed by atoms with Crippen molar-refractivity contribution >= 4 is 0 Å². The molecule has 2 heterocycles. The molecule has 0 bridgehead atoms. The van der Waals surface area contributed by atoms with E-state index in [2.05, 4.69) is 31.2 Å². The molecule has 4 heteroatoms. The summed E-state index contributed by atoms with van der Waals surface area (Å²) in [6.07, 6.45) is 2.76. The Morgan fingerprint density at radius 2 is 1.74 bits per heavy atom. The molecule has 2 fully saturated rings. The second-order valence-corrected chi connectivity index (χ2v) is 7.57. The zero-order valence-electron chi connectivity index (χ0n) is 14.6. The lowest BCUT2D eigenvalue weighted by atomic mass is 10.0. The van der Waals surface area contributed by atoms with E-state index in [0.29, 0.717) is 6.61 Å². The van der Waals surface area contributed by atoms with Crippen LogP contribution in [0.4, 0.5) is 0 Å². The van der Waals surface area contributed by atoms with Crippen LogP contribution in [0.25, 0.3) is 0 Å². The summed E-state index contributed by atoms with van der Waals surface area (Å²) in [6, 6.07) is 9.88. The van der Waals surface area contributed by atoms with Crippen LogP contribution in [0.5, 0.6) is 0 Å². The lowest BCUT2D eigenvalue weighted by molar-refractivity contribution is -1.03. The summed E-state index contributed by atoms with van der Waals surface area (Å²) in [4.78, 5) is 5.19. The zero-order chi connectivity index (χ0) is 16.1. The fraction of sp³-hybridized carbons (Fsp3) is 0.684. The number of piperazine rings is 1. The van der Waals surface area contributed by atoms with Crippen LogP contribution in [0.15, 0.2) is 24.3 Å². The number of quaternary nitrogens is 3. The third kappa shape index (κ3) is 4.77. The average molecular weight is 321 g/mol. The van der Waals surface area contributed by atoms with Gasteiger partial charge in [-0.05, 0) is 6.92 Å². The van der Waals surface area contributed by atoms with Crippen molar-refractivity contribution in [3.05, 3.63) is 35.4 Å². The molecular formula is C19H34N3O+3. The summed E-state index contributed by atoms with van der Waals surface area (Å²) in [7, 11) is 0. The highest BCUT2D eigenvalue weighted by atomic mass is 16.3. The van der Waals surface area contributed by atoms with E-state index in [4.69, 9.17) is 5.11 Å². The molecule has 23 heavy (non-hydrogen) atoms. The molecule has 3 rings (SSSR count).